The standard InChI is InChI=1S/C17H19FN2O3/c18-13-4-3-5-14(10-13)23-16-6-9-22-12-15(16)19-17(21)11-20-7-1-2-8-20/h1-5,7-8,10,15-16H,6,9,11-12H2,(H,19,21)/t15-,16+/m1/s1. The van der Waals surface area contributed by atoms with Gasteiger partial charge in [0, 0.05) is 24.9 Å². The Hall–Kier alpha value is -2.34. The van der Waals surface area contributed by atoms with E-state index in [0.29, 0.717) is 25.4 Å². The zero-order valence-corrected chi connectivity index (χ0v) is 12.7. The minimum absolute atomic E-state index is 0.107. The molecule has 0 bridgehead atoms. The highest BCUT2D eigenvalue weighted by Gasteiger charge is 2.29. The number of nitrogens with one attached hydrogen (secondary N) is 1. The molecule has 1 amide bonds. The summed E-state index contributed by atoms with van der Waals surface area (Å²) in [7, 11) is 0. The summed E-state index contributed by atoms with van der Waals surface area (Å²) in [5.74, 6) is 0.00820. The van der Waals surface area contributed by atoms with Gasteiger partial charge in [-0.1, -0.05) is 6.07 Å². The van der Waals surface area contributed by atoms with E-state index in [1.807, 2.05) is 24.5 Å². The second-order valence-corrected chi connectivity index (χ2v) is 5.51. The predicted molar refractivity (Wildman–Crippen MR) is 82.6 cm³/mol. The number of nitrogens with zero attached hydrogens (tertiary/aromatic N) is 1. The van der Waals surface area contributed by atoms with Gasteiger partial charge in [0.1, 0.15) is 24.2 Å². The maximum absolute atomic E-state index is 13.3. The summed E-state index contributed by atoms with van der Waals surface area (Å²) in [6.45, 7) is 1.19. The van der Waals surface area contributed by atoms with Crippen LogP contribution in [0, 0.1) is 5.82 Å². The van der Waals surface area contributed by atoms with Crippen LogP contribution in [0.1, 0.15) is 6.42 Å². The highest BCUT2D eigenvalue weighted by molar-refractivity contribution is 5.76. The van der Waals surface area contributed by atoms with Crippen molar-refractivity contribution in [1.82, 2.24) is 9.88 Å². The molecule has 2 atom stereocenters. The molecule has 23 heavy (non-hydrogen) atoms. The maximum Gasteiger partial charge on any atom is 0.240 e. The van der Waals surface area contributed by atoms with Gasteiger partial charge in [-0.2, -0.15) is 0 Å². The lowest BCUT2D eigenvalue weighted by Crippen LogP contribution is -2.52. The Kier molecular flexibility index (Phi) is 4.92. The number of carbonyl (C=O) groups excluding carboxylic acids is 1. The summed E-state index contributed by atoms with van der Waals surface area (Å²) in [6, 6.07) is 9.50. The molecule has 1 aliphatic rings. The van der Waals surface area contributed by atoms with Crippen LogP contribution in [0.3, 0.4) is 0 Å². The SMILES string of the molecule is O=C(Cn1cccc1)N[C@@H]1COCC[C@@H]1Oc1cccc(F)c1. The molecule has 1 aliphatic heterocycles. The number of rotatable bonds is 5. The number of benzene rings is 1. The third-order valence-electron chi connectivity index (χ3n) is 3.72. The van der Waals surface area contributed by atoms with Crippen LogP contribution in [0.5, 0.6) is 5.75 Å². The van der Waals surface area contributed by atoms with E-state index in [1.165, 1.54) is 12.1 Å². The summed E-state index contributed by atoms with van der Waals surface area (Å²) >= 11 is 0. The lowest BCUT2D eigenvalue weighted by Gasteiger charge is -2.32. The molecule has 122 valence electrons. The molecule has 0 radical (unpaired) electrons. The monoisotopic (exact) mass is 318 g/mol. The molecule has 2 aromatic rings. The zero-order valence-electron chi connectivity index (χ0n) is 12.7. The van der Waals surface area contributed by atoms with Gasteiger partial charge >= 0.3 is 0 Å². The van der Waals surface area contributed by atoms with Crippen LogP contribution in [-0.2, 0) is 16.1 Å². The Balaban J connectivity index is 1.60. The fraction of sp³-hybridized carbons (Fsp3) is 0.353. The van der Waals surface area contributed by atoms with E-state index < -0.39 is 0 Å². The van der Waals surface area contributed by atoms with Crippen molar-refractivity contribution >= 4 is 5.91 Å². The number of halogens is 1. The van der Waals surface area contributed by atoms with E-state index in [4.69, 9.17) is 9.47 Å². The smallest absolute Gasteiger partial charge is 0.240 e. The Labute approximate surface area is 134 Å². The van der Waals surface area contributed by atoms with Gasteiger partial charge in [0.15, 0.2) is 0 Å². The van der Waals surface area contributed by atoms with Gasteiger partial charge in [0.2, 0.25) is 5.91 Å². The van der Waals surface area contributed by atoms with Crippen LogP contribution in [-0.4, -0.2) is 35.8 Å². The van der Waals surface area contributed by atoms with Gasteiger partial charge < -0.3 is 19.4 Å². The number of aromatic nitrogens is 1. The second-order valence-electron chi connectivity index (χ2n) is 5.51. The van der Waals surface area contributed by atoms with Crippen molar-refractivity contribution in [3.63, 3.8) is 0 Å². The molecule has 6 heteroatoms. The van der Waals surface area contributed by atoms with Crippen molar-refractivity contribution in [2.24, 2.45) is 0 Å². The quantitative estimate of drug-likeness (QED) is 0.917. The molecule has 0 aliphatic carbocycles. The van der Waals surface area contributed by atoms with Crippen molar-refractivity contribution in [1.29, 1.82) is 0 Å². The van der Waals surface area contributed by atoms with Gasteiger partial charge in [0.05, 0.1) is 19.3 Å². The Morgan fingerprint density at radius 3 is 2.96 bits per heavy atom. The molecule has 0 saturated carbocycles. The van der Waals surface area contributed by atoms with Crippen LogP contribution in [0.15, 0.2) is 48.8 Å². The van der Waals surface area contributed by atoms with Crippen molar-refractivity contribution in [3.8, 4) is 5.75 Å². The molecule has 1 N–H and O–H groups in total. The van der Waals surface area contributed by atoms with Gasteiger partial charge in [-0.05, 0) is 24.3 Å². The molecule has 2 heterocycles. The van der Waals surface area contributed by atoms with Crippen molar-refractivity contribution in [3.05, 3.63) is 54.6 Å². The van der Waals surface area contributed by atoms with Crippen molar-refractivity contribution in [2.75, 3.05) is 13.2 Å². The normalized spacial score (nSPS) is 20.9. The van der Waals surface area contributed by atoms with Gasteiger partial charge in [-0.25, -0.2) is 4.39 Å². The van der Waals surface area contributed by atoms with Gasteiger partial charge in [-0.3, -0.25) is 4.79 Å². The van der Waals surface area contributed by atoms with E-state index in [2.05, 4.69) is 5.32 Å². The highest BCUT2D eigenvalue weighted by Crippen LogP contribution is 2.19. The lowest BCUT2D eigenvalue weighted by molar-refractivity contribution is -0.124. The van der Waals surface area contributed by atoms with Crippen LogP contribution >= 0.6 is 0 Å². The topological polar surface area (TPSA) is 52.5 Å². The third-order valence-corrected chi connectivity index (χ3v) is 3.72. The summed E-state index contributed by atoms with van der Waals surface area (Å²) in [5.41, 5.74) is 0. The first-order valence-electron chi connectivity index (χ1n) is 7.61. The van der Waals surface area contributed by atoms with Crippen molar-refractivity contribution in [2.45, 2.75) is 25.1 Å². The Morgan fingerprint density at radius 1 is 1.35 bits per heavy atom. The molecule has 0 unspecified atom stereocenters. The summed E-state index contributed by atoms with van der Waals surface area (Å²) in [5, 5.41) is 2.94. The summed E-state index contributed by atoms with van der Waals surface area (Å²) in [6.07, 6.45) is 4.07. The maximum atomic E-state index is 13.3. The average molecular weight is 318 g/mol. The van der Waals surface area contributed by atoms with Gasteiger partial charge in [-0.15, -0.1) is 0 Å². The fourth-order valence-electron chi connectivity index (χ4n) is 2.60. The molecule has 3 rings (SSSR count). The first kappa shape index (κ1) is 15.6. The summed E-state index contributed by atoms with van der Waals surface area (Å²) < 4.78 is 26.3. The van der Waals surface area contributed by atoms with E-state index >= 15 is 0 Å². The lowest BCUT2D eigenvalue weighted by atomic mass is 10.1. The zero-order chi connectivity index (χ0) is 16.1. The van der Waals surface area contributed by atoms with Gasteiger partial charge in [0.25, 0.3) is 0 Å². The van der Waals surface area contributed by atoms with Crippen LogP contribution in [0.4, 0.5) is 4.39 Å². The number of hydrogen-bond donors (Lipinski definition) is 1. The number of hydrogen-bond acceptors (Lipinski definition) is 3. The minimum atomic E-state index is -0.345. The molecule has 1 saturated heterocycles. The molecule has 0 spiro atoms. The minimum Gasteiger partial charge on any atom is -0.488 e. The van der Waals surface area contributed by atoms with Crippen LogP contribution in [0.2, 0.25) is 0 Å². The molecular formula is C17H19FN2O3. The third kappa shape index (κ3) is 4.32. The van der Waals surface area contributed by atoms with E-state index in [9.17, 15) is 9.18 Å². The Bertz CT molecular complexity index is 645. The predicted octanol–water partition coefficient (Wildman–Crippen LogP) is 1.98. The number of ether oxygens (including phenoxy) is 2. The van der Waals surface area contributed by atoms with E-state index in [0.717, 1.165) is 0 Å². The van der Waals surface area contributed by atoms with Crippen molar-refractivity contribution < 1.29 is 18.7 Å². The average Bonchev–Trinajstić information content (AvgIpc) is 3.02. The highest BCUT2D eigenvalue weighted by atomic mass is 19.1. The van der Waals surface area contributed by atoms with E-state index in [-0.39, 0.29) is 30.4 Å². The second kappa shape index (κ2) is 7.28. The molecule has 5 nitrogen and oxygen atoms in total. The molecule has 1 aromatic heterocycles. The van der Waals surface area contributed by atoms with Crippen LogP contribution < -0.4 is 10.1 Å². The molecule has 1 fully saturated rings. The summed E-state index contributed by atoms with van der Waals surface area (Å²) in [4.78, 5) is 12.1. The largest absolute Gasteiger partial charge is 0.488 e. The van der Waals surface area contributed by atoms with Crippen LogP contribution in [0.25, 0.3) is 0 Å². The van der Waals surface area contributed by atoms with E-state index in [1.54, 1.807) is 16.7 Å². The first-order valence-corrected chi connectivity index (χ1v) is 7.61. The molecule has 1 aromatic carbocycles. The number of carbonyl (C=O) groups is 1. The number of amides is 1. The fourth-order valence-corrected chi connectivity index (χ4v) is 2.60. The molecular weight excluding hydrogens is 299 g/mol. The first-order chi connectivity index (χ1) is 11.2. The Morgan fingerprint density at radius 2 is 2.17 bits per heavy atom.